The smallest absolute Gasteiger partial charge is 0.303 e. The van der Waals surface area contributed by atoms with Crippen molar-refractivity contribution in [3.8, 4) is 0 Å². The predicted octanol–water partition coefficient (Wildman–Crippen LogP) is 3.20. The van der Waals surface area contributed by atoms with Gasteiger partial charge in [0.1, 0.15) is 5.60 Å². The van der Waals surface area contributed by atoms with Gasteiger partial charge in [-0.3, -0.25) is 4.79 Å². The summed E-state index contributed by atoms with van der Waals surface area (Å²) < 4.78 is 5.37. The molecule has 3 heteroatoms. The van der Waals surface area contributed by atoms with Gasteiger partial charge in [-0.25, -0.2) is 0 Å². The van der Waals surface area contributed by atoms with Gasteiger partial charge in [-0.2, -0.15) is 0 Å². The van der Waals surface area contributed by atoms with Crippen LogP contribution in [0.2, 0.25) is 0 Å². The second kappa shape index (κ2) is 5.88. The van der Waals surface area contributed by atoms with Crippen LogP contribution in [0.1, 0.15) is 31.1 Å². The first-order valence-corrected chi connectivity index (χ1v) is 6.52. The Hall–Kier alpha value is -2.13. The minimum atomic E-state index is -1.30. The fourth-order valence-electron chi connectivity index (χ4n) is 2.23. The molecule has 0 saturated carbocycles. The van der Waals surface area contributed by atoms with Crippen LogP contribution in [0.25, 0.3) is 0 Å². The fraction of sp³-hybridized carbons (Fsp3) is 0.235. The summed E-state index contributed by atoms with van der Waals surface area (Å²) in [4.78, 5) is 11.4. The van der Waals surface area contributed by atoms with Crippen molar-refractivity contribution < 1.29 is 14.6 Å². The van der Waals surface area contributed by atoms with E-state index in [0.29, 0.717) is 5.56 Å². The Balaban J connectivity index is 2.43. The lowest BCUT2D eigenvalue weighted by molar-refractivity contribution is -0.163. The third-order valence-electron chi connectivity index (χ3n) is 3.25. The van der Waals surface area contributed by atoms with Crippen LogP contribution in [0.15, 0.2) is 60.7 Å². The third kappa shape index (κ3) is 3.06. The van der Waals surface area contributed by atoms with Crippen LogP contribution in [-0.2, 0) is 15.1 Å². The van der Waals surface area contributed by atoms with Gasteiger partial charge in [-0.05, 0) is 18.1 Å². The Bertz CT molecular complexity index is 561. The van der Waals surface area contributed by atoms with E-state index < -0.39 is 17.7 Å². The number of aliphatic hydroxyl groups is 1. The summed E-state index contributed by atoms with van der Waals surface area (Å²) in [6.07, 6.45) is -0.747. The second-order valence-electron chi connectivity index (χ2n) is 4.91. The zero-order valence-corrected chi connectivity index (χ0v) is 11.6. The highest BCUT2D eigenvalue weighted by atomic mass is 16.6. The van der Waals surface area contributed by atoms with Crippen molar-refractivity contribution in [3.05, 3.63) is 71.8 Å². The molecule has 0 aliphatic heterocycles. The molecule has 0 aliphatic rings. The molecule has 20 heavy (non-hydrogen) atoms. The summed E-state index contributed by atoms with van der Waals surface area (Å²) in [6, 6.07) is 18.5. The van der Waals surface area contributed by atoms with Crippen LogP contribution in [0.3, 0.4) is 0 Å². The van der Waals surface area contributed by atoms with Gasteiger partial charge in [0.05, 0.1) is 0 Å². The molecule has 2 aromatic rings. The van der Waals surface area contributed by atoms with Crippen LogP contribution < -0.4 is 0 Å². The number of esters is 1. The van der Waals surface area contributed by atoms with Gasteiger partial charge in [0, 0.05) is 6.92 Å². The lowest BCUT2D eigenvalue weighted by Crippen LogP contribution is -2.33. The van der Waals surface area contributed by atoms with E-state index in [1.54, 1.807) is 6.92 Å². The average Bonchev–Trinajstić information content (AvgIpc) is 2.46. The molecule has 3 nitrogen and oxygen atoms in total. The van der Waals surface area contributed by atoms with Gasteiger partial charge in [-0.1, -0.05) is 60.7 Å². The third-order valence-corrected chi connectivity index (χ3v) is 3.25. The van der Waals surface area contributed by atoms with Crippen molar-refractivity contribution >= 4 is 5.97 Å². The summed E-state index contributed by atoms with van der Waals surface area (Å²) in [5.41, 5.74) is 0.167. The molecule has 2 atom stereocenters. The normalized spacial score (nSPS) is 15.2. The van der Waals surface area contributed by atoms with Gasteiger partial charge in [-0.15, -0.1) is 0 Å². The molecule has 104 valence electrons. The molecule has 0 heterocycles. The van der Waals surface area contributed by atoms with E-state index in [9.17, 15) is 9.90 Å². The molecular weight excluding hydrogens is 252 g/mol. The number of hydrogen-bond acceptors (Lipinski definition) is 3. The number of carbonyl (C=O) groups is 1. The molecule has 0 saturated heterocycles. The minimum Gasteiger partial charge on any atom is -0.454 e. The number of rotatable bonds is 4. The molecule has 2 aromatic carbocycles. The summed E-state index contributed by atoms with van der Waals surface area (Å²) in [6.45, 7) is 3.00. The van der Waals surface area contributed by atoms with Gasteiger partial charge < -0.3 is 9.84 Å². The first-order valence-electron chi connectivity index (χ1n) is 6.52. The molecule has 0 spiro atoms. The first kappa shape index (κ1) is 14.3. The summed E-state index contributed by atoms with van der Waals surface area (Å²) in [5.74, 6) is -0.421. The topological polar surface area (TPSA) is 46.5 Å². The van der Waals surface area contributed by atoms with Crippen molar-refractivity contribution in [1.82, 2.24) is 0 Å². The van der Waals surface area contributed by atoms with Gasteiger partial charge >= 0.3 is 5.97 Å². The van der Waals surface area contributed by atoms with E-state index in [4.69, 9.17) is 4.74 Å². The molecule has 0 amide bonds. The van der Waals surface area contributed by atoms with E-state index >= 15 is 0 Å². The molecule has 2 unspecified atom stereocenters. The van der Waals surface area contributed by atoms with Crippen molar-refractivity contribution in [1.29, 1.82) is 0 Å². The molecule has 1 N–H and O–H groups in total. The molecule has 0 aliphatic carbocycles. The highest BCUT2D eigenvalue weighted by Gasteiger charge is 2.37. The van der Waals surface area contributed by atoms with Gasteiger partial charge in [0.2, 0.25) is 0 Å². The molecule has 0 fully saturated rings. The highest BCUT2D eigenvalue weighted by Crippen LogP contribution is 2.37. The van der Waals surface area contributed by atoms with E-state index in [1.165, 1.54) is 6.92 Å². The van der Waals surface area contributed by atoms with Crippen LogP contribution in [0.4, 0.5) is 0 Å². The number of benzene rings is 2. The zero-order valence-electron chi connectivity index (χ0n) is 11.6. The van der Waals surface area contributed by atoms with Crippen LogP contribution in [0.5, 0.6) is 0 Å². The van der Waals surface area contributed by atoms with Crippen LogP contribution >= 0.6 is 0 Å². The van der Waals surface area contributed by atoms with Crippen LogP contribution in [0, 0.1) is 0 Å². The lowest BCUT2D eigenvalue weighted by atomic mass is 9.86. The SMILES string of the molecule is CC(=O)OC(c1ccccc1)C(C)(O)c1ccccc1. The van der Waals surface area contributed by atoms with Gasteiger partial charge in [0.25, 0.3) is 0 Å². The number of hydrogen-bond donors (Lipinski definition) is 1. The Morgan fingerprint density at radius 1 is 1.05 bits per heavy atom. The number of ether oxygens (including phenoxy) is 1. The van der Waals surface area contributed by atoms with Crippen molar-refractivity contribution in [2.75, 3.05) is 0 Å². The van der Waals surface area contributed by atoms with E-state index in [0.717, 1.165) is 5.56 Å². The minimum absolute atomic E-state index is 0.421. The van der Waals surface area contributed by atoms with E-state index in [1.807, 2.05) is 60.7 Å². The monoisotopic (exact) mass is 270 g/mol. The average molecular weight is 270 g/mol. The molecule has 0 radical (unpaired) electrons. The first-order chi connectivity index (χ1) is 9.51. The Morgan fingerprint density at radius 3 is 2.05 bits per heavy atom. The fourth-order valence-corrected chi connectivity index (χ4v) is 2.23. The molecule has 0 aromatic heterocycles. The van der Waals surface area contributed by atoms with E-state index in [-0.39, 0.29) is 0 Å². The summed E-state index contributed by atoms with van der Waals surface area (Å²) in [5, 5.41) is 10.9. The second-order valence-corrected chi connectivity index (χ2v) is 4.91. The van der Waals surface area contributed by atoms with Gasteiger partial charge in [0.15, 0.2) is 6.10 Å². The molecule has 2 rings (SSSR count). The maximum absolute atomic E-state index is 11.4. The standard InChI is InChI=1S/C17H18O3/c1-13(18)20-16(14-9-5-3-6-10-14)17(2,19)15-11-7-4-8-12-15/h3-12,16,19H,1-2H3. The Kier molecular flexibility index (Phi) is 4.20. The van der Waals surface area contributed by atoms with Crippen LogP contribution in [-0.4, -0.2) is 11.1 Å². The highest BCUT2D eigenvalue weighted by molar-refractivity contribution is 5.66. The maximum atomic E-state index is 11.4. The van der Waals surface area contributed by atoms with Crippen molar-refractivity contribution in [3.63, 3.8) is 0 Å². The van der Waals surface area contributed by atoms with Crippen molar-refractivity contribution in [2.24, 2.45) is 0 Å². The summed E-state index contributed by atoms with van der Waals surface area (Å²) in [7, 11) is 0. The molecular formula is C17H18O3. The Labute approximate surface area is 118 Å². The number of carbonyl (C=O) groups excluding carboxylic acids is 1. The van der Waals surface area contributed by atoms with Crippen molar-refractivity contribution in [2.45, 2.75) is 25.6 Å². The quantitative estimate of drug-likeness (QED) is 0.868. The molecule has 0 bridgehead atoms. The largest absolute Gasteiger partial charge is 0.454 e. The van der Waals surface area contributed by atoms with E-state index in [2.05, 4.69) is 0 Å². The summed E-state index contributed by atoms with van der Waals surface area (Å²) >= 11 is 0. The lowest BCUT2D eigenvalue weighted by Gasteiger charge is -2.33. The predicted molar refractivity (Wildman–Crippen MR) is 77.0 cm³/mol. The maximum Gasteiger partial charge on any atom is 0.303 e. The zero-order chi connectivity index (χ0) is 14.6. The Morgan fingerprint density at radius 2 is 1.55 bits per heavy atom.